The molecule has 2 fully saturated rings. The zero-order valence-electron chi connectivity index (χ0n) is 11.8. The zero-order valence-corrected chi connectivity index (χ0v) is 11.8. The average molecular weight is 258 g/mol. The van der Waals surface area contributed by atoms with Crippen molar-refractivity contribution in [1.29, 1.82) is 0 Å². The maximum atomic E-state index is 12.5. The lowest BCUT2D eigenvalue weighted by molar-refractivity contribution is -0.131. The molecule has 1 aromatic carbocycles. The third kappa shape index (κ3) is 2.39. The molecule has 0 saturated carbocycles. The molecule has 2 aliphatic rings. The minimum Gasteiger partial charge on any atom is -0.338 e. The molecule has 2 heterocycles. The van der Waals surface area contributed by atoms with Crippen LogP contribution in [-0.2, 0) is 11.2 Å². The van der Waals surface area contributed by atoms with Crippen molar-refractivity contribution >= 4 is 5.91 Å². The van der Waals surface area contributed by atoms with E-state index in [9.17, 15) is 4.79 Å². The molecule has 0 aromatic heterocycles. The van der Waals surface area contributed by atoms with Crippen molar-refractivity contribution in [3.63, 3.8) is 0 Å². The number of amides is 1. The summed E-state index contributed by atoms with van der Waals surface area (Å²) in [5.41, 5.74) is 3.63. The monoisotopic (exact) mass is 258 g/mol. The van der Waals surface area contributed by atoms with Gasteiger partial charge in [0.25, 0.3) is 0 Å². The van der Waals surface area contributed by atoms with Gasteiger partial charge in [-0.2, -0.15) is 0 Å². The summed E-state index contributed by atoms with van der Waals surface area (Å²) in [6, 6.07) is 6.81. The lowest BCUT2D eigenvalue weighted by Crippen LogP contribution is -2.40. The van der Waals surface area contributed by atoms with E-state index in [4.69, 9.17) is 0 Å². The summed E-state index contributed by atoms with van der Waals surface area (Å²) in [7, 11) is 0. The Labute approximate surface area is 115 Å². The summed E-state index contributed by atoms with van der Waals surface area (Å²) < 4.78 is 0. The number of nitrogens with one attached hydrogen (secondary N) is 1. The number of carbonyl (C=O) groups excluding carboxylic acids is 1. The van der Waals surface area contributed by atoms with Gasteiger partial charge in [0.05, 0.1) is 6.42 Å². The second kappa shape index (κ2) is 4.97. The molecule has 3 rings (SSSR count). The number of benzene rings is 1. The van der Waals surface area contributed by atoms with Gasteiger partial charge >= 0.3 is 0 Å². The zero-order chi connectivity index (χ0) is 13.4. The van der Waals surface area contributed by atoms with Crippen LogP contribution in [0.15, 0.2) is 18.2 Å². The summed E-state index contributed by atoms with van der Waals surface area (Å²) >= 11 is 0. The van der Waals surface area contributed by atoms with Crippen molar-refractivity contribution in [2.24, 2.45) is 5.92 Å². The van der Waals surface area contributed by atoms with E-state index in [2.05, 4.69) is 42.3 Å². The second-order valence-corrected chi connectivity index (χ2v) is 5.97. The molecule has 1 N–H and O–H groups in total. The number of hydrogen-bond donors (Lipinski definition) is 1. The highest BCUT2D eigenvalue weighted by atomic mass is 16.2. The van der Waals surface area contributed by atoms with Crippen LogP contribution in [-0.4, -0.2) is 36.5 Å². The van der Waals surface area contributed by atoms with Gasteiger partial charge in [-0.25, -0.2) is 0 Å². The highest BCUT2D eigenvalue weighted by molar-refractivity contribution is 5.80. The lowest BCUT2D eigenvalue weighted by Gasteiger charge is -2.24. The minimum atomic E-state index is 0.296. The summed E-state index contributed by atoms with van der Waals surface area (Å²) in [6.45, 7) is 7.17. The van der Waals surface area contributed by atoms with Gasteiger partial charge in [0.2, 0.25) is 5.91 Å². The van der Waals surface area contributed by atoms with Gasteiger partial charge in [-0.05, 0) is 37.3 Å². The molecule has 2 saturated heterocycles. The van der Waals surface area contributed by atoms with E-state index in [0.717, 1.165) is 26.1 Å². The Balaban J connectivity index is 1.73. The first kappa shape index (κ1) is 12.7. The highest BCUT2D eigenvalue weighted by Gasteiger charge is 2.39. The van der Waals surface area contributed by atoms with E-state index in [1.54, 1.807) is 0 Å². The molecular weight excluding hydrogens is 236 g/mol. The van der Waals surface area contributed by atoms with Crippen LogP contribution in [0.4, 0.5) is 0 Å². The topological polar surface area (TPSA) is 32.3 Å². The molecule has 2 atom stereocenters. The quantitative estimate of drug-likeness (QED) is 0.875. The maximum Gasteiger partial charge on any atom is 0.227 e. The fourth-order valence-electron chi connectivity index (χ4n) is 3.41. The molecule has 0 spiro atoms. The van der Waals surface area contributed by atoms with Gasteiger partial charge in [0.1, 0.15) is 0 Å². The van der Waals surface area contributed by atoms with Crippen molar-refractivity contribution < 1.29 is 4.79 Å². The van der Waals surface area contributed by atoms with Crippen LogP contribution in [0.2, 0.25) is 0 Å². The molecule has 0 unspecified atom stereocenters. The molecule has 0 aliphatic carbocycles. The minimum absolute atomic E-state index is 0.296. The summed E-state index contributed by atoms with van der Waals surface area (Å²) in [6.07, 6.45) is 1.72. The Hall–Kier alpha value is -1.35. The molecular formula is C16H22N2O. The number of likely N-dealkylation sites (tertiary alicyclic amines) is 1. The van der Waals surface area contributed by atoms with Crippen LogP contribution in [0.5, 0.6) is 0 Å². The Morgan fingerprint density at radius 2 is 2.21 bits per heavy atom. The predicted octanol–water partition coefficient (Wildman–Crippen LogP) is 1.67. The molecule has 0 radical (unpaired) electrons. The first-order valence-corrected chi connectivity index (χ1v) is 7.21. The van der Waals surface area contributed by atoms with Crippen molar-refractivity contribution in [1.82, 2.24) is 10.2 Å². The van der Waals surface area contributed by atoms with Crippen molar-refractivity contribution in [3.05, 3.63) is 34.9 Å². The van der Waals surface area contributed by atoms with E-state index in [-0.39, 0.29) is 0 Å². The molecule has 3 heteroatoms. The lowest BCUT2D eigenvalue weighted by atomic mass is 10.0. The Kier molecular flexibility index (Phi) is 3.31. The number of hydrogen-bond acceptors (Lipinski definition) is 2. The van der Waals surface area contributed by atoms with Crippen LogP contribution in [0.1, 0.15) is 23.1 Å². The van der Waals surface area contributed by atoms with Gasteiger partial charge in [-0.1, -0.05) is 23.8 Å². The van der Waals surface area contributed by atoms with E-state index < -0.39 is 0 Å². The van der Waals surface area contributed by atoms with Crippen LogP contribution >= 0.6 is 0 Å². The summed E-state index contributed by atoms with van der Waals surface area (Å²) in [4.78, 5) is 14.6. The van der Waals surface area contributed by atoms with E-state index in [1.165, 1.54) is 16.7 Å². The number of rotatable bonds is 2. The number of carbonyl (C=O) groups is 1. The third-order valence-electron chi connectivity index (χ3n) is 4.61. The van der Waals surface area contributed by atoms with Crippen LogP contribution in [0, 0.1) is 19.8 Å². The predicted molar refractivity (Wildman–Crippen MR) is 76.1 cm³/mol. The molecule has 0 bridgehead atoms. The number of aryl methyl sites for hydroxylation is 2. The van der Waals surface area contributed by atoms with Gasteiger partial charge in [-0.15, -0.1) is 0 Å². The normalized spacial score (nSPS) is 25.7. The van der Waals surface area contributed by atoms with Gasteiger partial charge in [-0.3, -0.25) is 4.79 Å². The second-order valence-electron chi connectivity index (χ2n) is 5.97. The largest absolute Gasteiger partial charge is 0.338 e. The van der Waals surface area contributed by atoms with E-state index >= 15 is 0 Å². The number of fused-ring (bicyclic) bond motifs is 1. The average Bonchev–Trinajstić information content (AvgIpc) is 2.95. The fourth-order valence-corrected chi connectivity index (χ4v) is 3.41. The van der Waals surface area contributed by atoms with Gasteiger partial charge < -0.3 is 10.2 Å². The fraction of sp³-hybridized carbons (Fsp3) is 0.562. The molecule has 19 heavy (non-hydrogen) atoms. The smallest absolute Gasteiger partial charge is 0.227 e. The Bertz CT molecular complexity index is 498. The molecule has 1 aromatic rings. The standard InChI is InChI=1S/C16H22N2O/c1-11-3-4-12(2)14(7-11)8-16(19)18-6-5-13-9-17-10-15(13)18/h3-4,7,13,15,17H,5-6,8-10H2,1-2H3/t13-,15+/m0/s1. The first-order chi connectivity index (χ1) is 9.15. The van der Waals surface area contributed by atoms with Crippen molar-refractivity contribution in [2.45, 2.75) is 32.7 Å². The SMILES string of the molecule is Cc1ccc(C)c(CC(=O)N2CC[C@H]3CNC[C@H]32)c1. The summed E-state index contributed by atoms with van der Waals surface area (Å²) in [5, 5.41) is 3.40. The van der Waals surface area contributed by atoms with Crippen LogP contribution < -0.4 is 5.32 Å². The van der Waals surface area contributed by atoms with Crippen molar-refractivity contribution in [2.75, 3.05) is 19.6 Å². The molecule has 102 valence electrons. The Morgan fingerprint density at radius 3 is 3.05 bits per heavy atom. The van der Waals surface area contributed by atoms with Gasteiger partial charge in [0.15, 0.2) is 0 Å². The Morgan fingerprint density at radius 1 is 1.37 bits per heavy atom. The third-order valence-corrected chi connectivity index (χ3v) is 4.61. The van der Waals surface area contributed by atoms with Crippen molar-refractivity contribution in [3.8, 4) is 0 Å². The summed E-state index contributed by atoms with van der Waals surface area (Å²) in [5.74, 6) is 0.979. The van der Waals surface area contributed by atoms with E-state index in [1.807, 2.05) is 0 Å². The van der Waals surface area contributed by atoms with Gasteiger partial charge in [0, 0.05) is 25.7 Å². The van der Waals surface area contributed by atoms with E-state index in [0.29, 0.717) is 24.3 Å². The molecule has 1 amide bonds. The maximum absolute atomic E-state index is 12.5. The number of nitrogens with zero attached hydrogens (tertiary/aromatic N) is 1. The first-order valence-electron chi connectivity index (χ1n) is 7.21. The molecule has 3 nitrogen and oxygen atoms in total. The van der Waals surface area contributed by atoms with Crippen LogP contribution in [0.25, 0.3) is 0 Å². The molecule has 2 aliphatic heterocycles. The highest BCUT2D eigenvalue weighted by Crippen LogP contribution is 2.27. The van der Waals surface area contributed by atoms with Crippen LogP contribution in [0.3, 0.4) is 0 Å².